The van der Waals surface area contributed by atoms with Crippen LogP contribution in [-0.2, 0) is 4.74 Å². The number of carbonyl (C=O) groups is 1. The number of amides is 1. The molecule has 7 nitrogen and oxygen atoms in total. The number of hydrogen-bond donors (Lipinski definition) is 1. The van der Waals surface area contributed by atoms with Crippen molar-refractivity contribution >= 4 is 17.0 Å². The molecular formula is C21H24N4O3. The number of aromatic amines is 1. The van der Waals surface area contributed by atoms with Crippen LogP contribution in [0.4, 0.5) is 4.79 Å². The maximum Gasteiger partial charge on any atom is 0.409 e. The number of fused-ring (bicyclic) bond motifs is 1. The first-order valence-electron chi connectivity index (χ1n) is 9.65. The third-order valence-corrected chi connectivity index (χ3v) is 5.29. The number of piperidine rings is 1. The standard InChI is InChI=1S/C21H24N4O3/c1-3-28-21(27)24-9-6-16(7-10-24)25-11-8-22-19(25)17-13-15-5-4-14(2)12-18(15)23-20(17)26/h4-5,8,11-13,16H,3,6-7,9-10H2,1-2H3,(H,23,26). The number of rotatable bonds is 3. The Morgan fingerprint density at radius 1 is 1.29 bits per heavy atom. The second-order valence-corrected chi connectivity index (χ2v) is 7.18. The van der Waals surface area contributed by atoms with Crippen molar-refractivity contribution in [3.8, 4) is 11.4 Å². The number of imidazole rings is 1. The van der Waals surface area contributed by atoms with Crippen molar-refractivity contribution in [2.24, 2.45) is 0 Å². The maximum atomic E-state index is 12.7. The number of nitrogens with zero attached hydrogens (tertiary/aromatic N) is 3. The van der Waals surface area contributed by atoms with Gasteiger partial charge < -0.3 is 19.2 Å². The zero-order valence-electron chi connectivity index (χ0n) is 16.1. The Hall–Kier alpha value is -3.09. The molecule has 146 valence electrons. The summed E-state index contributed by atoms with van der Waals surface area (Å²) in [5.41, 5.74) is 2.35. The van der Waals surface area contributed by atoms with E-state index in [2.05, 4.69) is 14.5 Å². The highest BCUT2D eigenvalue weighted by molar-refractivity contribution is 5.83. The largest absolute Gasteiger partial charge is 0.450 e. The first-order valence-corrected chi connectivity index (χ1v) is 9.65. The molecule has 1 aliphatic heterocycles. The Labute approximate surface area is 163 Å². The van der Waals surface area contributed by atoms with Crippen LogP contribution in [0.25, 0.3) is 22.3 Å². The lowest BCUT2D eigenvalue weighted by Gasteiger charge is -2.32. The van der Waals surface area contributed by atoms with Crippen LogP contribution in [0.15, 0.2) is 41.5 Å². The molecule has 28 heavy (non-hydrogen) atoms. The van der Waals surface area contributed by atoms with Gasteiger partial charge in [0.25, 0.3) is 5.56 Å². The number of likely N-dealkylation sites (tertiary alicyclic amines) is 1. The smallest absolute Gasteiger partial charge is 0.409 e. The van der Waals surface area contributed by atoms with E-state index in [-0.39, 0.29) is 17.7 Å². The van der Waals surface area contributed by atoms with Gasteiger partial charge in [-0.2, -0.15) is 0 Å². The first-order chi connectivity index (χ1) is 13.6. The normalized spacial score (nSPS) is 15.1. The number of H-pyrrole nitrogens is 1. The quantitative estimate of drug-likeness (QED) is 0.754. The Kier molecular flexibility index (Phi) is 4.90. The summed E-state index contributed by atoms with van der Waals surface area (Å²) in [6, 6.07) is 8.10. The molecule has 7 heteroatoms. The van der Waals surface area contributed by atoms with Crippen LogP contribution < -0.4 is 5.56 Å². The number of aryl methyl sites for hydroxylation is 1. The minimum atomic E-state index is -0.256. The number of hydrogen-bond acceptors (Lipinski definition) is 4. The van der Waals surface area contributed by atoms with Crippen molar-refractivity contribution in [2.75, 3.05) is 19.7 Å². The van der Waals surface area contributed by atoms with Crippen LogP contribution in [0, 0.1) is 6.92 Å². The van der Waals surface area contributed by atoms with Gasteiger partial charge in [-0.05, 0) is 49.8 Å². The van der Waals surface area contributed by atoms with E-state index in [9.17, 15) is 9.59 Å². The zero-order valence-corrected chi connectivity index (χ0v) is 16.1. The molecule has 3 aromatic rings. The van der Waals surface area contributed by atoms with Crippen LogP contribution in [0.3, 0.4) is 0 Å². The fraction of sp³-hybridized carbons (Fsp3) is 0.381. The molecule has 0 aliphatic carbocycles. The van der Waals surface area contributed by atoms with Gasteiger partial charge in [-0.1, -0.05) is 12.1 Å². The molecule has 1 fully saturated rings. The molecule has 1 amide bonds. The van der Waals surface area contributed by atoms with Crippen LogP contribution in [-0.4, -0.2) is 45.2 Å². The molecule has 3 heterocycles. The molecule has 0 atom stereocenters. The fourth-order valence-corrected chi connectivity index (χ4v) is 3.84. The molecule has 0 bridgehead atoms. The summed E-state index contributed by atoms with van der Waals surface area (Å²) in [4.78, 5) is 33.8. The molecule has 1 saturated heterocycles. The molecule has 4 rings (SSSR count). The molecule has 0 radical (unpaired) electrons. The number of ether oxygens (including phenoxy) is 1. The average molecular weight is 380 g/mol. The van der Waals surface area contributed by atoms with Crippen LogP contribution in [0.1, 0.15) is 31.4 Å². The van der Waals surface area contributed by atoms with E-state index >= 15 is 0 Å². The monoisotopic (exact) mass is 380 g/mol. The lowest BCUT2D eigenvalue weighted by molar-refractivity contribution is 0.0928. The predicted molar refractivity (Wildman–Crippen MR) is 107 cm³/mol. The number of carbonyl (C=O) groups excluding carboxylic acids is 1. The summed E-state index contributed by atoms with van der Waals surface area (Å²) in [6.07, 6.45) is 4.98. The molecule has 1 aromatic carbocycles. The second-order valence-electron chi connectivity index (χ2n) is 7.18. The van der Waals surface area contributed by atoms with Gasteiger partial charge in [-0.15, -0.1) is 0 Å². The van der Waals surface area contributed by atoms with Crippen LogP contribution >= 0.6 is 0 Å². The summed E-state index contributed by atoms with van der Waals surface area (Å²) in [7, 11) is 0. The zero-order chi connectivity index (χ0) is 19.7. The van der Waals surface area contributed by atoms with Gasteiger partial charge in [0.15, 0.2) is 0 Å². The summed E-state index contributed by atoms with van der Waals surface area (Å²) in [6.45, 7) is 5.46. The van der Waals surface area contributed by atoms with Gasteiger partial charge in [0, 0.05) is 37.0 Å². The molecule has 0 unspecified atom stereocenters. The van der Waals surface area contributed by atoms with Gasteiger partial charge >= 0.3 is 6.09 Å². The van der Waals surface area contributed by atoms with Crippen molar-refractivity contribution in [3.63, 3.8) is 0 Å². The van der Waals surface area contributed by atoms with E-state index in [1.165, 1.54) is 0 Å². The maximum absolute atomic E-state index is 12.7. The Balaban J connectivity index is 1.61. The van der Waals surface area contributed by atoms with Crippen molar-refractivity contribution in [1.29, 1.82) is 0 Å². The summed E-state index contributed by atoms with van der Waals surface area (Å²) in [5, 5.41) is 0.979. The van der Waals surface area contributed by atoms with Gasteiger partial charge in [-0.25, -0.2) is 9.78 Å². The average Bonchev–Trinajstić information content (AvgIpc) is 3.17. The van der Waals surface area contributed by atoms with E-state index in [1.807, 2.05) is 44.3 Å². The minimum Gasteiger partial charge on any atom is -0.450 e. The third-order valence-electron chi connectivity index (χ3n) is 5.29. The minimum absolute atomic E-state index is 0.144. The number of aromatic nitrogens is 3. The topological polar surface area (TPSA) is 80.2 Å². The highest BCUT2D eigenvalue weighted by Gasteiger charge is 2.26. The van der Waals surface area contributed by atoms with Crippen LogP contribution in [0.2, 0.25) is 0 Å². The second kappa shape index (κ2) is 7.50. The highest BCUT2D eigenvalue weighted by Crippen LogP contribution is 2.28. The Morgan fingerprint density at radius 3 is 2.82 bits per heavy atom. The molecule has 2 aromatic heterocycles. The molecule has 1 aliphatic rings. The summed E-state index contributed by atoms with van der Waals surface area (Å²) < 4.78 is 7.15. The van der Waals surface area contributed by atoms with E-state index in [1.54, 1.807) is 11.1 Å². The Morgan fingerprint density at radius 2 is 2.07 bits per heavy atom. The number of nitrogens with one attached hydrogen (secondary N) is 1. The molecule has 0 saturated carbocycles. The molecular weight excluding hydrogens is 356 g/mol. The third kappa shape index (κ3) is 3.40. The van der Waals surface area contributed by atoms with E-state index in [0.29, 0.717) is 31.1 Å². The first kappa shape index (κ1) is 18.3. The van der Waals surface area contributed by atoms with Crippen LogP contribution in [0.5, 0.6) is 0 Å². The van der Waals surface area contributed by atoms with Crippen molar-refractivity contribution < 1.29 is 9.53 Å². The summed E-state index contributed by atoms with van der Waals surface area (Å²) >= 11 is 0. The number of pyridine rings is 1. The molecule has 0 spiro atoms. The van der Waals surface area contributed by atoms with Crippen molar-refractivity contribution in [3.05, 3.63) is 52.6 Å². The van der Waals surface area contributed by atoms with E-state index in [0.717, 1.165) is 29.3 Å². The van der Waals surface area contributed by atoms with Crippen molar-refractivity contribution in [1.82, 2.24) is 19.4 Å². The highest BCUT2D eigenvalue weighted by atomic mass is 16.6. The Bertz CT molecular complexity index is 1060. The van der Waals surface area contributed by atoms with Crippen molar-refractivity contribution in [2.45, 2.75) is 32.7 Å². The lowest BCUT2D eigenvalue weighted by Crippen LogP contribution is -2.39. The number of benzene rings is 1. The predicted octanol–water partition coefficient (Wildman–Crippen LogP) is 3.49. The van der Waals surface area contributed by atoms with E-state index < -0.39 is 0 Å². The molecule has 1 N–H and O–H groups in total. The van der Waals surface area contributed by atoms with E-state index in [4.69, 9.17) is 4.74 Å². The lowest BCUT2D eigenvalue weighted by atomic mass is 10.0. The van der Waals surface area contributed by atoms with Gasteiger partial charge in [0.05, 0.1) is 12.2 Å². The SMILES string of the molecule is CCOC(=O)N1CCC(n2ccnc2-c2cc3ccc(C)cc3[nH]c2=O)CC1. The van der Waals surface area contributed by atoms with Gasteiger partial charge in [0.1, 0.15) is 5.82 Å². The van der Waals surface area contributed by atoms with Gasteiger partial charge in [0.2, 0.25) is 0 Å². The summed E-state index contributed by atoms with van der Waals surface area (Å²) in [5.74, 6) is 0.665. The fourth-order valence-electron chi connectivity index (χ4n) is 3.84. The van der Waals surface area contributed by atoms with Gasteiger partial charge in [-0.3, -0.25) is 4.79 Å².